The zero-order valence-electron chi connectivity index (χ0n) is 8.64. The minimum absolute atomic E-state index is 0.392. The van der Waals surface area contributed by atoms with Crippen LogP contribution in [-0.2, 0) is 0 Å². The summed E-state index contributed by atoms with van der Waals surface area (Å²) in [6.45, 7) is 0. The highest BCUT2D eigenvalue weighted by Crippen LogP contribution is 2.28. The van der Waals surface area contributed by atoms with Crippen molar-refractivity contribution in [2.45, 2.75) is 0 Å². The predicted octanol–water partition coefficient (Wildman–Crippen LogP) is 2.39. The van der Waals surface area contributed by atoms with Crippen LogP contribution in [-0.4, -0.2) is 17.1 Å². The van der Waals surface area contributed by atoms with E-state index in [-0.39, 0.29) is 0 Å². The Morgan fingerprint density at radius 3 is 2.62 bits per heavy atom. The van der Waals surface area contributed by atoms with Gasteiger partial charge in [0.1, 0.15) is 11.6 Å². The summed E-state index contributed by atoms with van der Waals surface area (Å²) in [5, 5.41) is 0.540. The van der Waals surface area contributed by atoms with E-state index in [9.17, 15) is 0 Å². The van der Waals surface area contributed by atoms with Crippen molar-refractivity contribution in [2.24, 2.45) is 0 Å². The smallest absolute Gasteiger partial charge is 0.141 e. The number of rotatable bonds is 2. The minimum atomic E-state index is 0.392. The maximum atomic E-state index is 6.01. The number of nitrogen functional groups attached to an aromatic ring is 1. The lowest BCUT2D eigenvalue weighted by Crippen LogP contribution is -1.92. The molecular weight excluding hydrogens is 226 g/mol. The van der Waals surface area contributed by atoms with E-state index in [2.05, 4.69) is 9.97 Å². The van der Waals surface area contributed by atoms with Crippen molar-refractivity contribution in [3.05, 3.63) is 35.6 Å². The Morgan fingerprint density at radius 2 is 2.06 bits per heavy atom. The van der Waals surface area contributed by atoms with Crippen LogP contribution in [0.1, 0.15) is 0 Å². The van der Waals surface area contributed by atoms with Gasteiger partial charge in [0.05, 0.1) is 30.2 Å². The first-order valence-electron chi connectivity index (χ1n) is 4.62. The quantitative estimate of drug-likeness (QED) is 0.868. The molecule has 5 heteroatoms. The molecule has 1 heterocycles. The number of aromatic nitrogens is 2. The highest BCUT2D eigenvalue weighted by atomic mass is 35.5. The van der Waals surface area contributed by atoms with Crippen LogP contribution in [0.2, 0.25) is 5.02 Å². The van der Waals surface area contributed by atoms with Crippen molar-refractivity contribution in [2.75, 3.05) is 12.8 Å². The average molecular weight is 236 g/mol. The Balaban J connectivity index is 2.41. The first-order valence-corrected chi connectivity index (χ1v) is 5.00. The van der Waals surface area contributed by atoms with Crippen LogP contribution in [0.25, 0.3) is 11.3 Å². The van der Waals surface area contributed by atoms with E-state index in [1.165, 1.54) is 6.20 Å². The van der Waals surface area contributed by atoms with Gasteiger partial charge >= 0.3 is 0 Å². The molecule has 0 unspecified atom stereocenters. The summed E-state index contributed by atoms with van der Waals surface area (Å²) in [5.74, 6) is 1.03. The molecule has 0 bridgehead atoms. The fourth-order valence-corrected chi connectivity index (χ4v) is 1.57. The number of nitrogens with two attached hydrogens (primary N) is 1. The molecule has 0 aliphatic rings. The summed E-state index contributed by atoms with van der Waals surface area (Å²) in [6, 6.07) is 5.43. The standard InChI is InChI=1S/C11H10ClN3O/c1-16-10-3-2-7(4-8(10)12)9-5-15-11(13)6-14-9/h2-6H,1H3,(H2,13,15). The molecule has 0 saturated heterocycles. The Morgan fingerprint density at radius 1 is 1.25 bits per heavy atom. The van der Waals surface area contributed by atoms with Crippen LogP contribution < -0.4 is 10.5 Å². The summed E-state index contributed by atoms with van der Waals surface area (Å²) in [7, 11) is 1.57. The molecule has 1 aromatic carbocycles. The van der Waals surface area contributed by atoms with Crippen LogP contribution in [0.3, 0.4) is 0 Å². The van der Waals surface area contributed by atoms with Crippen LogP contribution >= 0.6 is 11.6 Å². The van der Waals surface area contributed by atoms with Crippen molar-refractivity contribution < 1.29 is 4.74 Å². The highest BCUT2D eigenvalue weighted by molar-refractivity contribution is 6.32. The lowest BCUT2D eigenvalue weighted by atomic mass is 10.1. The van der Waals surface area contributed by atoms with Gasteiger partial charge in [-0.3, -0.25) is 4.98 Å². The molecule has 4 nitrogen and oxygen atoms in total. The van der Waals surface area contributed by atoms with Crippen molar-refractivity contribution in [1.82, 2.24) is 9.97 Å². The molecule has 0 fully saturated rings. The lowest BCUT2D eigenvalue weighted by Gasteiger charge is -2.05. The summed E-state index contributed by atoms with van der Waals surface area (Å²) in [5.41, 5.74) is 7.06. The fourth-order valence-electron chi connectivity index (χ4n) is 1.31. The molecule has 0 saturated carbocycles. The zero-order valence-corrected chi connectivity index (χ0v) is 9.40. The number of halogens is 1. The van der Waals surface area contributed by atoms with Gasteiger partial charge in [0, 0.05) is 5.56 Å². The molecule has 0 atom stereocenters. The third kappa shape index (κ3) is 2.06. The van der Waals surface area contributed by atoms with E-state index >= 15 is 0 Å². The van der Waals surface area contributed by atoms with Crippen LogP contribution in [0.4, 0.5) is 5.82 Å². The number of anilines is 1. The van der Waals surface area contributed by atoms with Gasteiger partial charge in [-0.25, -0.2) is 4.98 Å². The SMILES string of the molecule is COc1ccc(-c2cnc(N)cn2)cc1Cl. The van der Waals surface area contributed by atoms with Crippen molar-refractivity contribution in [3.8, 4) is 17.0 Å². The van der Waals surface area contributed by atoms with Crippen LogP contribution in [0, 0.1) is 0 Å². The third-order valence-electron chi connectivity index (χ3n) is 2.12. The second kappa shape index (κ2) is 4.37. The number of hydrogen-bond donors (Lipinski definition) is 1. The molecule has 0 aliphatic heterocycles. The van der Waals surface area contributed by atoms with E-state index in [1.54, 1.807) is 25.4 Å². The number of hydrogen-bond acceptors (Lipinski definition) is 4. The predicted molar refractivity (Wildman–Crippen MR) is 63.4 cm³/mol. The monoisotopic (exact) mass is 235 g/mol. The topological polar surface area (TPSA) is 61.0 Å². The fraction of sp³-hybridized carbons (Fsp3) is 0.0909. The van der Waals surface area contributed by atoms with E-state index in [4.69, 9.17) is 22.1 Å². The van der Waals surface area contributed by atoms with Gasteiger partial charge in [-0.05, 0) is 18.2 Å². The molecule has 1 aromatic heterocycles. The van der Waals surface area contributed by atoms with Crippen molar-refractivity contribution in [3.63, 3.8) is 0 Å². The highest BCUT2D eigenvalue weighted by Gasteiger charge is 2.04. The van der Waals surface area contributed by atoms with Crippen molar-refractivity contribution >= 4 is 17.4 Å². The first kappa shape index (κ1) is 10.7. The Hall–Kier alpha value is -1.81. The van der Waals surface area contributed by atoms with Gasteiger partial charge in [0.15, 0.2) is 0 Å². The van der Waals surface area contributed by atoms with E-state index in [0.717, 1.165) is 11.3 Å². The molecule has 2 rings (SSSR count). The van der Waals surface area contributed by atoms with Gasteiger partial charge < -0.3 is 10.5 Å². The maximum absolute atomic E-state index is 6.01. The Bertz CT molecular complexity index is 499. The third-order valence-corrected chi connectivity index (χ3v) is 2.41. The zero-order chi connectivity index (χ0) is 11.5. The second-order valence-corrected chi connectivity index (χ2v) is 3.58. The molecule has 0 amide bonds. The van der Waals surface area contributed by atoms with Crippen molar-refractivity contribution in [1.29, 1.82) is 0 Å². The molecule has 0 aliphatic carbocycles. The van der Waals surface area contributed by atoms with Gasteiger partial charge in [-0.1, -0.05) is 11.6 Å². The van der Waals surface area contributed by atoms with Crippen LogP contribution in [0.5, 0.6) is 5.75 Å². The maximum Gasteiger partial charge on any atom is 0.141 e. The van der Waals surface area contributed by atoms with Gasteiger partial charge in [0.2, 0.25) is 0 Å². The number of ether oxygens (including phenoxy) is 1. The summed E-state index contributed by atoms with van der Waals surface area (Å²) >= 11 is 6.01. The average Bonchev–Trinajstić information content (AvgIpc) is 2.30. The van der Waals surface area contributed by atoms with E-state index < -0.39 is 0 Å². The van der Waals surface area contributed by atoms with Gasteiger partial charge in [0.25, 0.3) is 0 Å². The molecular formula is C11H10ClN3O. The molecule has 2 N–H and O–H groups in total. The lowest BCUT2D eigenvalue weighted by molar-refractivity contribution is 0.415. The largest absolute Gasteiger partial charge is 0.495 e. The molecule has 16 heavy (non-hydrogen) atoms. The Labute approximate surface area is 98.0 Å². The number of benzene rings is 1. The van der Waals surface area contributed by atoms with Gasteiger partial charge in [-0.15, -0.1) is 0 Å². The second-order valence-electron chi connectivity index (χ2n) is 3.18. The molecule has 0 radical (unpaired) electrons. The first-order chi connectivity index (χ1) is 7.70. The Kier molecular flexibility index (Phi) is 2.92. The number of nitrogens with zero attached hydrogens (tertiary/aromatic N) is 2. The molecule has 2 aromatic rings. The summed E-state index contributed by atoms with van der Waals surface area (Å²) in [4.78, 5) is 8.13. The van der Waals surface area contributed by atoms with E-state index in [1.807, 2.05) is 6.07 Å². The summed E-state index contributed by atoms with van der Waals surface area (Å²) < 4.78 is 5.07. The summed E-state index contributed by atoms with van der Waals surface area (Å²) in [6.07, 6.45) is 3.11. The molecule has 0 spiro atoms. The normalized spacial score (nSPS) is 10.1. The van der Waals surface area contributed by atoms with Gasteiger partial charge in [-0.2, -0.15) is 0 Å². The van der Waals surface area contributed by atoms with Crippen LogP contribution in [0.15, 0.2) is 30.6 Å². The molecule has 82 valence electrons. The van der Waals surface area contributed by atoms with E-state index in [0.29, 0.717) is 16.6 Å². The number of methoxy groups -OCH3 is 1. The minimum Gasteiger partial charge on any atom is -0.495 e.